The largest absolute Gasteiger partial charge is 0.493 e. The first kappa shape index (κ1) is 20.7. The molecular formula is C23H28N2O4. The quantitative estimate of drug-likeness (QED) is 0.707. The topological polar surface area (TPSA) is 67.9 Å². The highest BCUT2D eigenvalue weighted by Crippen LogP contribution is 2.13. The Morgan fingerprint density at radius 1 is 0.828 bits per heavy atom. The van der Waals surface area contributed by atoms with Gasteiger partial charge in [0.05, 0.1) is 26.1 Å². The molecular weight excluding hydrogens is 368 g/mol. The first-order valence-corrected chi connectivity index (χ1v) is 10.1. The Kier molecular flexibility index (Phi) is 7.92. The molecule has 3 rings (SSSR count). The summed E-state index contributed by atoms with van der Waals surface area (Å²) in [4.78, 5) is 26.3. The van der Waals surface area contributed by atoms with Gasteiger partial charge in [0, 0.05) is 19.1 Å². The zero-order valence-electron chi connectivity index (χ0n) is 16.6. The minimum atomic E-state index is -0.0121. The SMILES string of the molecule is O=C(CCOc1ccccc1)NC1CCN(C(=O)CCOc2ccccc2)CC1. The lowest BCUT2D eigenvalue weighted by molar-refractivity contribution is -0.132. The number of carbonyl (C=O) groups excluding carboxylic acids is 2. The summed E-state index contributed by atoms with van der Waals surface area (Å²) in [5.41, 5.74) is 0. The molecule has 6 heteroatoms. The maximum atomic E-state index is 12.3. The van der Waals surface area contributed by atoms with Crippen LogP contribution in [0.5, 0.6) is 11.5 Å². The van der Waals surface area contributed by atoms with Gasteiger partial charge in [0.2, 0.25) is 11.8 Å². The second-order valence-corrected chi connectivity index (χ2v) is 7.05. The summed E-state index contributed by atoms with van der Waals surface area (Å²) in [5.74, 6) is 1.63. The van der Waals surface area contributed by atoms with Gasteiger partial charge in [0.15, 0.2) is 0 Å². The van der Waals surface area contributed by atoms with Crippen molar-refractivity contribution in [2.24, 2.45) is 0 Å². The van der Waals surface area contributed by atoms with Crippen LogP contribution in [0.2, 0.25) is 0 Å². The number of hydrogen-bond donors (Lipinski definition) is 1. The third-order valence-corrected chi connectivity index (χ3v) is 4.88. The molecule has 1 N–H and O–H groups in total. The van der Waals surface area contributed by atoms with Crippen LogP contribution in [0.25, 0.3) is 0 Å². The van der Waals surface area contributed by atoms with Crippen LogP contribution in [0.1, 0.15) is 25.7 Å². The van der Waals surface area contributed by atoms with Crippen molar-refractivity contribution < 1.29 is 19.1 Å². The third kappa shape index (κ3) is 7.14. The smallest absolute Gasteiger partial charge is 0.225 e. The minimum Gasteiger partial charge on any atom is -0.493 e. The molecule has 1 fully saturated rings. The molecule has 29 heavy (non-hydrogen) atoms. The molecule has 2 aromatic carbocycles. The average Bonchev–Trinajstić information content (AvgIpc) is 2.76. The molecule has 6 nitrogen and oxygen atoms in total. The molecule has 0 spiro atoms. The van der Waals surface area contributed by atoms with Gasteiger partial charge in [-0.1, -0.05) is 36.4 Å². The van der Waals surface area contributed by atoms with E-state index in [9.17, 15) is 9.59 Å². The van der Waals surface area contributed by atoms with Crippen molar-refractivity contribution in [3.05, 3.63) is 60.7 Å². The van der Waals surface area contributed by atoms with Crippen LogP contribution in [-0.2, 0) is 9.59 Å². The first-order valence-electron chi connectivity index (χ1n) is 10.1. The van der Waals surface area contributed by atoms with Crippen molar-refractivity contribution in [3.8, 4) is 11.5 Å². The molecule has 2 amide bonds. The minimum absolute atomic E-state index is 0.0121. The van der Waals surface area contributed by atoms with E-state index >= 15 is 0 Å². The molecule has 1 aliphatic heterocycles. The van der Waals surface area contributed by atoms with Crippen molar-refractivity contribution in [1.29, 1.82) is 0 Å². The summed E-state index contributed by atoms with van der Waals surface area (Å²) in [6, 6.07) is 19.1. The number of amides is 2. The third-order valence-electron chi connectivity index (χ3n) is 4.88. The van der Waals surface area contributed by atoms with Crippen LogP contribution in [0.4, 0.5) is 0 Å². The number of hydrogen-bond acceptors (Lipinski definition) is 4. The lowest BCUT2D eigenvalue weighted by Crippen LogP contribution is -2.46. The molecule has 1 aliphatic rings. The fourth-order valence-electron chi connectivity index (χ4n) is 3.28. The van der Waals surface area contributed by atoms with E-state index < -0.39 is 0 Å². The molecule has 0 saturated carbocycles. The summed E-state index contributed by atoms with van der Waals surface area (Å²) in [7, 11) is 0. The van der Waals surface area contributed by atoms with E-state index in [2.05, 4.69) is 5.32 Å². The molecule has 0 aromatic heterocycles. The van der Waals surface area contributed by atoms with Crippen LogP contribution in [0, 0.1) is 0 Å². The molecule has 0 radical (unpaired) electrons. The predicted octanol–water partition coefficient (Wildman–Crippen LogP) is 3.03. The van der Waals surface area contributed by atoms with Gasteiger partial charge >= 0.3 is 0 Å². The Balaban J connectivity index is 1.28. The molecule has 0 bridgehead atoms. The number of ether oxygens (including phenoxy) is 2. The molecule has 1 saturated heterocycles. The molecule has 2 aromatic rings. The van der Waals surface area contributed by atoms with E-state index in [0.29, 0.717) is 39.1 Å². The molecule has 0 aliphatic carbocycles. The number of likely N-dealkylation sites (tertiary alicyclic amines) is 1. The van der Waals surface area contributed by atoms with Gasteiger partial charge in [-0.2, -0.15) is 0 Å². The summed E-state index contributed by atoms with van der Waals surface area (Å²) < 4.78 is 11.2. The monoisotopic (exact) mass is 396 g/mol. The fraction of sp³-hybridized carbons (Fsp3) is 0.391. The number of para-hydroxylation sites is 2. The van der Waals surface area contributed by atoms with Crippen LogP contribution in [-0.4, -0.2) is 49.1 Å². The Morgan fingerprint density at radius 2 is 1.34 bits per heavy atom. The second kappa shape index (κ2) is 11.1. The maximum Gasteiger partial charge on any atom is 0.225 e. The van der Waals surface area contributed by atoms with E-state index in [1.54, 1.807) is 0 Å². The number of nitrogens with zero attached hydrogens (tertiary/aromatic N) is 1. The summed E-state index contributed by atoms with van der Waals surface area (Å²) in [6.45, 7) is 2.06. The first-order chi connectivity index (χ1) is 14.2. The number of carbonyl (C=O) groups is 2. The fourth-order valence-corrected chi connectivity index (χ4v) is 3.28. The normalized spacial score (nSPS) is 14.3. The van der Waals surface area contributed by atoms with Gasteiger partial charge < -0.3 is 19.7 Å². The number of nitrogens with one attached hydrogen (secondary N) is 1. The summed E-state index contributed by atoms with van der Waals surface area (Å²) in [5, 5.41) is 3.05. The number of benzene rings is 2. The highest BCUT2D eigenvalue weighted by Gasteiger charge is 2.23. The average molecular weight is 396 g/mol. The van der Waals surface area contributed by atoms with E-state index in [1.165, 1.54) is 0 Å². The molecule has 0 atom stereocenters. The lowest BCUT2D eigenvalue weighted by atomic mass is 10.0. The molecule has 0 unspecified atom stereocenters. The highest BCUT2D eigenvalue weighted by atomic mass is 16.5. The molecule has 154 valence electrons. The zero-order chi connectivity index (χ0) is 20.3. The van der Waals surface area contributed by atoms with Crippen molar-refractivity contribution in [3.63, 3.8) is 0 Å². The Hall–Kier alpha value is -3.02. The van der Waals surface area contributed by atoms with Crippen molar-refractivity contribution in [2.45, 2.75) is 31.7 Å². The maximum absolute atomic E-state index is 12.3. The van der Waals surface area contributed by atoms with Crippen LogP contribution in [0.3, 0.4) is 0 Å². The van der Waals surface area contributed by atoms with Gasteiger partial charge in [-0.25, -0.2) is 0 Å². The van der Waals surface area contributed by atoms with Gasteiger partial charge in [0.1, 0.15) is 11.5 Å². The second-order valence-electron chi connectivity index (χ2n) is 7.05. The van der Waals surface area contributed by atoms with Gasteiger partial charge in [-0.3, -0.25) is 9.59 Å². The Morgan fingerprint density at radius 3 is 1.90 bits per heavy atom. The van der Waals surface area contributed by atoms with Crippen LogP contribution >= 0.6 is 0 Å². The predicted molar refractivity (Wildman–Crippen MR) is 111 cm³/mol. The standard InChI is InChI=1S/C23H28N2O4/c26-22(13-17-28-20-7-3-1-4-8-20)24-19-11-15-25(16-12-19)23(27)14-18-29-21-9-5-2-6-10-21/h1-10,19H,11-18H2,(H,24,26). The van der Waals surface area contributed by atoms with Crippen LogP contribution < -0.4 is 14.8 Å². The van der Waals surface area contributed by atoms with Crippen molar-refractivity contribution in [2.75, 3.05) is 26.3 Å². The highest BCUT2D eigenvalue weighted by molar-refractivity contribution is 5.77. The lowest BCUT2D eigenvalue weighted by Gasteiger charge is -2.32. The Labute approximate surface area is 171 Å². The van der Waals surface area contributed by atoms with E-state index in [1.807, 2.05) is 65.6 Å². The summed E-state index contributed by atoms with van der Waals surface area (Å²) in [6.07, 6.45) is 2.24. The van der Waals surface area contributed by atoms with Crippen LogP contribution in [0.15, 0.2) is 60.7 Å². The number of rotatable bonds is 9. The van der Waals surface area contributed by atoms with E-state index in [4.69, 9.17) is 9.47 Å². The van der Waals surface area contributed by atoms with Crippen molar-refractivity contribution in [1.82, 2.24) is 10.2 Å². The Bertz CT molecular complexity index is 759. The zero-order valence-corrected chi connectivity index (χ0v) is 16.6. The van der Waals surface area contributed by atoms with E-state index in [-0.39, 0.29) is 17.9 Å². The summed E-state index contributed by atoms with van der Waals surface area (Å²) >= 11 is 0. The van der Waals surface area contributed by atoms with Gasteiger partial charge in [0.25, 0.3) is 0 Å². The van der Waals surface area contributed by atoms with Crippen molar-refractivity contribution >= 4 is 11.8 Å². The van der Waals surface area contributed by atoms with Gasteiger partial charge in [-0.15, -0.1) is 0 Å². The number of piperidine rings is 1. The van der Waals surface area contributed by atoms with Gasteiger partial charge in [-0.05, 0) is 37.1 Å². The molecule has 1 heterocycles. The van der Waals surface area contributed by atoms with E-state index in [0.717, 1.165) is 24.3 Å².